The molecular weight excluding hydrogens is 330 g/mol. The fourth-order valence-electron chi connectivity index (χ4n) is 3.57. The zero-order valence-corrected chi connectivity index (χ0v) is 14.7. The number of ether oxygens (including phenoxy) is 2. The summed E-state index contributed by atoms with van der Waals surface area (Å²) in [4.78, 5) is 26.9. The predicted molar refractivity (Wildman–Crippen MR) is 99.7 cm³/mol. The molecule has 4 rings (SSSR count). The molecule has 0 spiro atoms. The number of methoxy groups -OCH3 is 1. The van der Waals surface area contributed by atoms with Crippen LogP contribution in [0.5, 0.6) is 5.75 Å². The van der Waals surface area contributed by atoms with Gasteiger partial charge in [0.05, 0.1) is 20.1 Å². The number of H-pyrrole nitrogens is 1. The highest BCUT2D eigenvalue weighted by Crippen LogP contribution is 2.40. The van der Waals surface area contributed by atoms with Crippen LogP contribution in [0, 0.1) is 6.92 Å². The van der Waals surface area contributed by atoms with Crippen molar-refractivity contribution in [3.8, 4) is 16.9 Å². The quantitative estimate of drug-likeness (QED) is 0.738. The number of esters is 1. The zero-order valence-electron chi connectivity index (χ0n) is 14.7. The summed E-state index contributed by atoms with van der Waals surface area (Å²) in [6.45, 7) is 2.49. The number of benzene rings is 2. The molecule has 0 amide bonds. The average molecular weight is 349 g/mol. The van der Waals surface area contributed by atoms with Gasteiger partial charge in [-0.25, -0.2) is 0 Å². The summed E-state index contributed by atoms with van der Waals surface area (Å²) in [7, 11) is 1.39. The van der Waals surface area contributed by atoms with Crippen molar-refractivity contribution in [2.45, 2.75) is 19.8 Å². The Labute approximate surface area is 150 Å². The molecule has 1 aliphatic heterocycles. The lowest BCUT2D eigenvalue weighted by atomic mass is 9.93. The van der Waals surface area contributed by atoms with Gasteiger partial charge in [-0.05, 0) is 47.2 Å². The van der Waals surface area contributed by atoms with Gasteiger partial charge >= 0.3 is 5.97 Å². The minimum atomic E-state index is -0.278. The van der Waals surface area contributed by atoms with Crippen molar-refractivity contribution in [3.05, 3.63) is 63.6 Å². The maximum absolute atomic E-state index is 12.3. The fourth-order valence-corrected chi connectivity index (χ4v) is 3.57. The molecule has 1 aliphatic rings. The Balaban J connectivity index is 1.97. The highest BCUT2D eigenvalue weighted by Gasteiger charge is 2.21. The standard InChI is InChI=1S/C21H19NO4/c1-12-8-17-15(4-3-5-16(17)21(24)22-12)18-10-13(11-19(23)25-2)9-14-6-7-26-20(14)18/h3-5,8-10H,6-7,11H2,1-2H3,(H,22,24). The molecule has 26 heavy (non-hydrogen) atoms. The number of aromatic nitrogens is 1. The van der Waals surface area contributed by atoms with E-state index in [1.807, 2.05) is 43.3 Å². The van der Waals surface area contributed by atoms with Crippen LogP contribution in [-0.2, 0) is 22.4 Å². The van der Waals surface area contributed by atoms with Gasteiger partial charge in [0.25, 0.3) is 5.56 Å². The first kappa shape index (κ1) is 16.4. The summed E-state index contributed by atoms with van der Waals surface area (Å²) in [5.41, 5.74) is 4.51. The second-order valence-corrected chi connectivity index (χ2v) is 6.53. The third-order valence-electron chi connectivity index (χ3n) is 4.73. The first-order valence-electron chi connectivity index (χ1n) is 8.55. The molecule has 132 valence electrons. The van der Waals surface area contributed by atoms with Gasteiger partial charge in [-0.15, -0.1) is 0 Å². The Kier molecular flexibility index (Phi) is 3.99. The van der Waals surface area contributed by atoms with Crippen LogP contribution in [0.25, 0.3) is 21.9 Å². The lowest BCUT2D eigenvalue weighted by Crippen LogP contribution is -2.08. The van der Waals surface area contributed by atoms with Crippen LogP contribution in [0.2, 0.25) is 0 Å². The molecule has 0 unspecified atom stereocenters. The number of rotatable bonds is 3. The third kappa shape index (κ3) is 2.75. The maximum Gasteiger partial charge on any atom is 0.309 e. The van der Waals surface area contributed by atoms with Crippen LogP contribution in [-0.4, -0.2) is 24.7 Å². The Morgan fingerprint density at radius 1 is 1.19 bits per heavy atom. The van der Waals surface area contributed by atoms with Crippen molar-refractivity contribution in [1.82, 2.24) is 4.98 Å². The summed E-state index contributed by atoms with van der Waals surface area (Å²) >= 11 is 0. The summed E-state index contributed by atoms with van der Waals surface area (Å²) < 4.78 is 10.7. The summed E-state index contributed by atoms with van der Waals surface area (Å²) in [6, 6.07) is 11.6. The van der Waals surface area contributed by atoms with Crippen LogP contribution < -0.4 is 10.3 Å². The number of carbonyl (C=O) groups is 1. The number of hydrogen-bond acceptors (Lipinski definition) is 4. The Morgan fingerprint density at radius 2 is 2.04 bits per heavy atom. The molecule has 0 bridgehead atoms. The number of pyridine rings is 1. The Bertz CT molecular complexity index is 1080. The van der Waals surface area contributed by atoms with Crippen molar-refractivity contribution in [2.75, 3.05) is 13.7 Å². The molecule has 0 atom stereocenters. The van der Waals surface area contributed by atoms with E-state index in [1.165, 1.54) is 7.11 Å². The second kappa shape index (κ2) is 6.33. The molecule has 1 aromatic heterocycles. The van der Waals surface area contributed by atoms with E-state index >= 15 is 0 Å². The van der Waals surface area contributed by atoms with E-state index in [1.54, 1.807) is 0 Å². The predicted octanol–water partition coefficient (Wildman–Crippen LogP) is 3.15. The smallest absolute Gasteiger partial charge is 0.309 e. The molecular formula is C21H19NO4. The van der Waals surface area contributed by atoms with Gasteiger partial charge in [0.15, 0.2) is 0 Å². The minimum absolute atomic E-state index is 0.106. The molecule has 0 saturated carbocycles. The minimum Gasteiger partial charge on any atom is -0.492 e. The molecule has 0 radical (unpaired) electrons. The Hall–Kier alpha value is -3.08. The van der Waals surface area contributed by atoms with Crippen molar-refractivity contribution < 1.29 is 14.3 Å². The average Bonchev–Trinajstić information content (AvgIpc) is 3.09. The van der Waals surface area contributed by atoms with E-state index in [-0.39, 0.29) is 17.9 Å². The number of aryl methyl sites for hydroxylation is 1. The van der Waals surface area contributed by atoms with Crippen LogP contribution in [0.4, 0.5) is 0 Å². The van der Waals surface area contributed by atoms with Gasteiger partial charge in [0, 0.05) is 23.1 Å². The third-order valence-corrected chi connectivity index (χ3v) is 4.73. The fraction of sp³-hybridized carbons (Fsp3) is 0.238. The monoisotopic (exact) mass is 349 g/mol. The second-order valence-electron chi connectivity index (χ2n) is 6.53. The first-order chi connectivity index (χ1) is 12.6. The van der Waals surface area contributed by atoms with Crippen molar-refractivity contribution in [1.29, 1.82) is 0 Å². The van der Waals surface area contributed by atoms with Gasteiger partial charge in [0.1, 0.15) is 5.75 Å². The van der Waals surface area contributed by atoms with Gasteiger partial charge in [-0.3, -0.25) is 9.59 Å². The number of nitrogens with one attached hydrogen (secondary N) is 1. The van der Waals surface area contributed by atoms with Gasteiger partial charge in [0.2, 0.25) is 0 Å². The molecule has 1 N–H and O–H groups in total. The van der Waals surface area contributed by atoms with Gasteiger partial charge < -0.3 is 14.5 Å². The highest BCUT2D eigenvalue weighted by atomic mass is 16.5. The van der Waals surface area contributed by atoms with E-state index in [9.17, 15) is 9.59 Å². The van der Waals surface area contributed by atoms with E-state index in [2.05, 4.69) is 4.98 Å². The molecule has 0 aliphatic carbocycles. The number of fused-ring (bicyclic) bond motifs is 2. The van der Waals surface area contributed by atoms with E-state index in [0.29, 0.717) is 12.0 Å². The van der Waals surface area contributed by atoms with Gasteiger partial charge in [-0.2, -0.15) is 0 Å². The van der Waals surface area contributed by atoms with Gasteiger partial charge in [-0.1, -0.05) is 18.2 Å². The zero-order chi connectivity index (χ0) is 18.3. The SMILES string of the molecule is COC(=O)Cc1cc2c(c(-c3cccc4c(=O)[nH]c(C)cc34)c1)OCC2. The van der Waals surface area contributed by atoms with Crippen molar-refractivity contribution >= 4 is 16.7 Å². The summed E-state index contributed by atoms with van der Waals surface area (Å²) in [5, 5.41) is 1.51. The molecule has 3 aromatic rings. The largest absolute Gasteiger partial charge is 0.492 e. The molecule has 2 heterocycles. The van der Waals surface area contributed by atoms with Crippen LogP contribution in [0.1, 0.15) is 16.8 Å². The topological polar surface area (TPSA) is 68.4 Å². The molecule has 0 fully saturated rings. The highest BCUT2D eigenvalue weighted by molar-refractivity contribution is 5.98. The molecule has 5 nitrogen and oxygen atoms in total. The first-order valence-corrected chi connectivity index (χ1v) is 8.55. The summed E-state index contributed by atoms with van der Waals surface area (Å²) in [6.07, 6.45) is 1.02. The number of aromatic amines is 1. The van der Waals surface area contributed by atoms with Crippen molar-refractivity contribution in [3.63, 3.8) is 0 Å². The molecule has 2 aromatic carbocycles. The van der Waals surface area contributed by atoms with E-state index < -0.39 is 0 Å². The lowest BCUT2D eigenvalue weighted by molar-refractivity contribution is -0.139. The van der Waals surface area contributed by atoms with Crippen LogP contribution in [0.3, 0.4) is 0 Å². The van der Waals surface area contributed by atoms with E-state index in [0.717, 1.165) is 45.5 Å². The normalized spacial score (nSPS) is 12.7. The van der Waals surface area contributed by atoms with Crippen molar-refractivity contribution in [2.24, 2.45) is 0 Å². The summed E-state index contributed by atoms with van der Waals surface area (Å²) in [5.74, 6) is 0.559. The number of hydrogen-bond donors (Lipinski definition) is 1. The molecule has 5 heteroatoms. The van der Waals surface area contributed by atoms with E-state index in [4.69, 9.17) is 9.47 Å². The van der Waals surface area contributed by atoms with Crippen LogP contribution in [0.15, 0.2) is 41.2 Å². The molecule has 0 saturated heterocycles. The lowest BCUT2D eigenvalue weighted by Gasteiger charge is -2.13. The van der Waals surface area contributed by atoms with Crippen LogP contribution >= 0.6 is 0 Å². The number of carbonyl (C=O) groups excluding carboxylic acids is 1. The maximum atomic E-state index is 12.3. The Morgan fingerprint density at radius 3 is 2.85 bits per heavy atom.